The van der Waals surface area contributed by atoms with Crippen LogP contribution in [-0.2, 0) is 28.5 Å². The van der Waals surface area contributed by atoms with E-state index < -0.39 is 49.4 Å². The Morgan fingerprint density at radius 1 is 0.614 bits per heavy atom. The van der Waals surface area contributed by atoms with E-state index in [0.29, 0.717) is 6.42 Å². The van der Waals surface area contributed by atoms with E-state index in [1.54, 1.807) is 0 Å². The van der Waals surface area contributed by atoms with Crippen LogP contribution in [-0.4, -0.2) is 89.0 Å². The molecular formula is C34H64O10. The molecule has 4 N–H and O–H groups in total. The summed E-state index contributed by atoms with van der Waals surface area (Å²) in [5.41, 5.74) is 0. The molecule has 0 aromatic heterocycles. The van der Waals surface area contributed by atoms with Crippen LogP contribution in [0.3, 0.4) is 0 Å². The molecule has 2 unspecified atom stereocenters. The lowest BCUT2D eigenvalue weighted by atomic mass is 9.99. The second-order valence-electron chi connectivity index (χ2n) is 12.3. The van der Waals surface area contributed by atoms with Crippen molar-refractivity contribution < 1.29 is 49.0 Å². The van der Waals surface area contributed by atoms with Gasteiger partial charge in [0, 0.05) is 12.8 Å². The third kappa shape index (κ3) is 19.3. The van der Waals surface area contributed by atoms with Crippen LogP contribution in [0.5, 0.6) is 0 Å². The Bertz CT molecular complexity index is 704. The Hall–Kier alpha value is -1.30. The first-order valence-corrected chi connectivity index (χ1v) is 17.6. The van der Waals surface area contributed by atoms with Gasteiger partial charge < -0.3 is 39.4 Å². The number of esters is 2. The molecule has 0 bridgehead atoms. The van der Waals surface area contributed by atoms with Gasteiger partial charge in [-0.2, -0.15) is 0 Å². The lowest BCUT2D eigenvalue weighted by Gasteiger charge is -2.39. The first-order valence-electron chi connectivity index (χ1n) is 17.6. The average Bonchev–Trinajstić information content (AvgIpc) is 3.02. The SMILES string of the molecule is CCCCCCCCCCCCCC(=O)OC[C@H](CO[C@@H]1O[C@H](CO)[C@H](O)C(O)C1O)OC(=O)CCCCCCCCCC. The Morgan fingerprint density at radius 3 is 1.55 bits per heavy atom. The van der Waals surface area contributed by atoms with Gasteiger partial charge in [-0.25, -0.2) is 0 Å². The zero-order valence-electron chi connectivity index (χ0n) is 27.7. The molecule has 1 aliphatic heterocycles. The summed E-state index contributed by atoms with van der Waals surface area (Å²) in [4.78, 5) is 25.0. The van der Waals surface area contributed by atoms with Crippen molar-refractivity contribution in [2.75, 3.05) is 19.8 Å². The summed E-state index contributed by atoms with van der Waals surface area (Å²) >= 11 is 0. The van der Waals surface area contributed by atoms with E-state index in [2.05, 4.69) is 13.8 Å². The Balaban J connectivity index is 2.43. The summed E-state index contributed by atoms with van der Waals surface area (Å²) in [6.07, 6.45) is 14.2. The molecule has 0 aromatic rings. The standard InChI is InChI=1S/C34H64O10/c1-3-5-7-9-11-13-14-15-17-18-20-22-29(36)41-25-27(43-30(37)23-21-19-16-12-10-8-6-4-2)26-42-34-33(40)32(39)31(38)28(24-35)44-34/h27-28,31-35,38-40H,3-26H2,1-2H3/t27-,28-,31+,32?,33?,34-/m1/s1. The number of ether oxygens (including phenoxy) is 4. The van der Waals surface area contributed by atoms with Crippen LogP contribution in [0.4, 0.5) is 0 Å². The molecular weight excluding hydrogens is 568 g/mol. The quantitative estimate of drug-likeness (QED) is 0.0644. The van der Waals surface area contributed by atoms with Crippen molar-refractivity contribution in [3.8, 4) is 0 Å². The molecule has 1 fully saturated rings. The number of aliphatic hydroxyl groups excluding tert-OH is 4. The number of hydrogen-bond donors (Lipinski definition) is 4. The van der Waals surface area contributed by atoms with Gasteiger partial charge in [-0.15, -0.1) is 0 Å². The maximum atomic E-state index is 12.6. The number of carbonyl (C=O) groups excluding carboxylic acids is 2. The van der Waals surface area contributed by atoms with Crippen LogP contribution in [0, 0.1) is 0 Å². The predicted octanol–water partition coefficient (Wildman–Crippen LogP) is 5.49. The molecule has 10 heteroatoms. The topological polar surface area (TPSA) is 152 Å². The average molecular weight is 633 g/mol. The van der Waals surface area contributed by atoms with Crippen molar-refractivity contribution in [3.63, 3.8) is 0 Å². The van der Waals surface area contributed by atoms with E-state index in [-0.39, 0.29) is 32.0 Å². The fourth-order valence-corrected chi connectivity index (χ4v) is 5.36. The van der Waals surface area contributed by atoms with Crippen LogP contribution >= 0.6 is 0 Å². The highest BCUT2D eigenvalue weighted by molar-refractivity contribution is 5.70. The number of carbonyl (C=O) groups is 2. The monoisotopic (exact) mass is 632 g/mol. The number of unbranched alkanes of at least 4 members (excludes halogenated alkanes) is 17. The van der Waals surface area contributed by atoms with E-state index in [4.69, 9.17) is 18.9 Å². The normalized spacial score (nSPS) is 22.5. The molecule has 0 aromatic carbocycles. The zero-order chi connectivity index (χ0) is 32.4. The third-order valence-electron chi connectivity index (χ3n) is 8.24. The van der Waals surface area contributed by atoms with Crippen LogP contribution in [0.1, 0.15) is 149 Å². The Morgan fingerprint density at radius 2 is 1.07 bits per heavy atom. The number of hydrogen-bond acceptors (Lipinski definition) is 10. The van der Waals surface area contributed by atoms with Crippen LogP contribution in [0.15, 0.2) is 0 Å². The van der Waals surface area contributed by atoms with E-state index in [1.807, 2.05) is 0 Å². The van der Waals surface area contributed by atoms with Gasteiger partial charge >= 0.3 is 11.9 Å². The van der Waals surface area contributed by atoms with Crippen LogP contribution in [0.2, 0.25) is 0 Å². The van der Waals surface area contributed by atoms with Crippen LogP contribution < -0.4 is 0 Å². The summed E-state index contributed by atoms with van der Waals surface area (Å²) in [7, 11) is 0. The fraction of sp³-hybridized carbons (Fsp3) is 0.941. The lowest BCUT2D eigenvalue weighted by Crippen LogP contribution is -2.59. The summed E-state index contributed by atoms with van der Waals surface area (Å²) < 4.78 is 21.9. The minimum atomic E-state index is -1.59. The summed E-state index contributed by atoms with van der Waals surface area (Å²) in [5.74, 6) is -0.808. The molecule has 1 heterocycles. The zero-order valence-corrected chi connectivity index (χ0v) is 27.7. The minimum absolute atomic E-state index is 0.211. The van der Waals surface area contributed by atoms with E-state index in [0.717, 1.165) is 38.5 Å². The molecule has 44 heavy (non-hydrogen) atoms. The first-order chi connectivity index (χ1) is 21.3. The van der Waals surface area contributed by atoms with Gasteiger partial charge in [0.2, 0.25) is 0 Å². The maximum absolute atomic E-state index is 12.6. The summed E-state index contributed by atoms with van der Waals surface area (Å²) in [6.45, 7) is 3.35. The largest absolute Gasteiger partial charge is 0.462 e. The van der Waals surface area contributed by atoms with E-state index >= 15 is 0 Å². The molecule has 1 saturated heterocycles. The van der Waals surface area contributed by atoms with Crippen molar-refractivity contribution in [1.29, 1.82) is 0 Å². The second-order valence-corrected chi connectivity index (χ2v) is 12.3. The molecule has 0 saturated carbocycles. The predicted molar refractivity (Wildman–Crippen MR) is 169 cm³/mol. The van der Waals surface area contributed by atoms with Crippen molar-refractivity contribution in [2.24, 2.45) is 0 Å². The van der Waals surface area contributed by atoms with Crippen molar-refractivity contribution in [1.82, 2.24) is 0 Å². The number of rotatable bonds is 28. The van der Waals surface area contributed by atoms with E-state index in [9.17, 15) is 30.0 Å². The first kappa shape index (κ1) is 40.7. The fourth-order valence-electron chi connectivity index (χ4n) is 5.36. The molecule has 0 radical (unpaired) electrons. The summed E-state index contributed by atoms with van der Waals surface area (Å²) in [5, 5.41) is 39.7. The van der Waals surface area contributed by atoms with Gasteiger partial charge in [-0.3, -0.25) is 9.59 Å². The molecule has 0 aliphatic carbocycles. The molecule has 260 valence electrons. The van der Waals surface area contributed by atoms with Crippen molar-refractivity contribution >= 4 is 11.9 Å². The minimum Gasteiger partial charge on any atom is -0.462 e. The van der Waals surface area contributed by atoms with Gasteiger partial charge in [0.25, 0.3) is 0 Å². The van der Waals surface area contributed by atoms with Gasteiger partial charge in [-0.1, -0.05) is 123 Å². The maximum Gasteiger partial charge on any atom is 0.306 e. The molecule has 1 rings (SSSR count). The Kier molecular flexibility index (Phi) is 24.9. The van der Waals surface area contributed by atoms with Crippen molar-refractivity contribution in [3.05, 3.63) is 0 Å². The van der Waals surface area contributed by atoms with Gasteiger partial charge in [-0.05, 0) is 12.8 Å². The lowest BCUT2D eigenvalue weighted by molar-refractivity contribution is -0.305. The highest BCUT2D eigenvalue weighted by Gasteiger charge is 2.44. The van der Waals surface area contributed by atoms with Gasteiger partial charge in [0.1, 0.15) is 31.0 Å². The molecule has 1 aliphatic rings. The van der Waals surface area contributed by atoms with Gasteiger partial charge in [0.15, 0.2) is 12.4 Å². The van der Waals surface area contributed by atoms with E-state index in [1.165, 1.54) is 77.0 Å². The van der Waals surface area contributed by atoms with Crippen molar-refractivity contribution in [2.45, 2.75) is 185 Å². The molecule has 10 nitrogen and oxygen atoms in total. The number of aliphatic hydroxyl groups is 4. The molecule has 0 spiro atoms. The van der Waals surface area contributed by atoms with Crippen LogP contribution in [0.25, 0.3) is 0 Å². The summed E-state index contributed by atoms with van der Waals surface area (Å²) in [6, 6.07) is 0. The highest BCUT2D eigenvalue weighted by Crippen LogP contribution is 2.22. The molecule has 6 atom stereocenters. The highest BCUT2D eigenvalue weighted by atomic mass is 16.7. The Labute approximate surface area is 266 Å². The second kappa shape index (κ2) is 26.9. The van der Waals surface area contributed by atoms with Gasteiger partial charge in [0.05, 0.1) is 13.2 Å². The smallest absolute Gasteiger partial charge is 0.306 e. The molecule has 0 amide bonds. The third-order valence-corrected chi connectivity index (χ3v) is 8.24.